The van der Waals surface area contributed by atoms with Gasteiger partial charge in [0.25, 0.3) is 0 Å². The normalized spacial score (nSPS) is 16.7. The Labute approximate surface area is 114 Å². The van der Waals surface area contributed by atoms with Crippen LogP contribution in [-0.4, -0.2) is 37.6 Å². The minimum atomic E-state index is 1.09. The van der Waals surface area contributed by atoms with Crippen LogP contribution in [0.4, 0.5) is 5.69 Å². The number of furan rings is 1. The molecule has 1 aliphatic rings. The van der Waals surface area contributed by atoms with Crippen LogP contribution in [0.25, 0.3) is 0 Å². The van der Waals surface area contributed by atoms with Crippen molar-refractivity contribution in [2.45, 2.75) is 6.42 Å². The maximum atomic E-state index is 5.10. The Morgan fingerprint density at radius 2 is 1.74 bits per heavy atom. The second-order valence-electron chi connectivity index (χ2n) is 5.05. The summed E-state index contributed by atoms with van der Waals surface area (Å²) in [6.07, 6.45) is 4.69. The lowest BCUT2D eigenvalue weighted by Crippen LogP contribution is -2.46. The van der Waals surface area contributed by atoms with Crippen molar-refractivity contribution < 1.29 is 4.42 Å². The van der Waals surface area contributed by atoms with E-state index in [1.165, 1.54) is 11.3 Å². The SMILES string of the molecule is c1ccc(N2CCN(CCc3ccoc3)CC2)cc1. The minimum Gasteiger partial charge on any atom is -0.472 e. The maximum Gasteiger partial charge on any atom is 0.0934 e. The topological polar surface area (TPSA) is 19.6 Å². The van der Waals surface area contributed by atoms with Crippen molar-refractivity contribution in [1.82, 2.24) is 4.90 Å². The summed E-state index contributed by atoms with van der Waals surface area (Å²) in [6.45, 7) is 5.66. The van der Waals surface area contributed by atoms with E-state index < -0.39 is 0 Å². The van der Waals surface area contributed by atoms with E-state index in [0.717, 1.165) is 39.1 Å². The first kappa shape index (κ1) is 12.3. The molecule has 100 valence electrons. The van der Waals surface area contributed by atoms with Crippen molar-refractivity contribution in [2.24, 2.45) is 0 Å². The Morgan fingerprint density at radius 3 is 2.42 bits per heavy atom. The molecule has 0 N–H and O–H groups in total. The quantitative estimate of drug-likeness (QED) is 0.838. The first-order valence-corrected chi connectivity index (χ1v) is 6.95. The Balaban J connectivity index is 1.47. The van der Waals surface area contributed by atoms with Gasteiger partial charge in [0, 0.05) is 38.4 Å². The first-order valence-electron chi connectivity index (χ1n) is 6.95. The monoisotopic (exact) mass is 256 g/mol. The molecule has 3 heteroatoms. The van der Waals surface area contributed by atoms with E-state index in [9.17, 15) is 0 Å². The average Bonchev–Trinajstić information content (AvgIpc) is 3.00. The number of hydrogen-bond donors (Lipinski definition) is 0. The van der Waals surface area contributed by atoms with Crippen molar-refractivity contribution in [3.05, 3.63) is 54.5 Å². The van der Waals surface area contributed by atoms with Crippen LogP contribution in [0, 0.1) is 0 Å². The average molecular weight is 256 g/mol. The van der Waals surface area contributed by atoms with Gasteiger partial charge in [-0.15, -0.1) is 0 Å². The Morgan fingerprint density at radius 1 is 0.947 bits per heavy atom. The van der Waals surface area contributed by atoms with Gasteiger partial charge in [0.2, 0.25) is 0 Å². The van der Waals surface area contributed by atoms with E-state index in [-0.39, 0.29) is 0 Å². The fourth-order valence-corrected chi connectivity index (χ4v) is 2.59. The second-order valence-corrected chi connectivity index (χ2v) is 5.05. The van der Waals surface area contributed by atoms with Crippen LogP contribution >= 0.6 is 0 Å². The van der Waals surface area contributed by atoms with Gasteiger partial charge in [-0.05, 0) is 30.2 Å². The van der Waals surface area contributed by atoms with Gasteiger partial charge >= 0.3 is 0 Å². The minimum absolute atomic E-state index is 1.09. The van der Waals surface area contributed by atoms with Crippen LogP contribution < -0.4 is 4.90 Å². The van der Waals surface area contributed by atoms with Crippen LogP contribution in [0.2, 0.25) is 0 Å². The van der Waals surface area contributed by atoms with Crippen LogP contribution in [-0.2, 0) is 6.42 Å². The number of para-hydroxylation sites is 1. The predicted molar refractivity (Wildman–Crippen MR) is 77.5 cm³/mol. The molecular formula is C16H20N2O. The van der Waals surface area contributed by atoms with Crippen molar-refractivity contribution in [3.63, 3.8) is 0 Å². The van der Waals surface area contributed by atoms with Crippen LogP contribution in [0.5, 0.6) is 0 Å². The molecule has 2 heterocycles. The molecule has 1 aliphatic heterocycles. The fraction of sp³-hybridized carbons (Fsp3) is 0.375. The van der Waals surface area contributed by atoms with Gasteiger partial charge in [0.15, 0.2) is 0 Å². The largest absolute Gasteiger partial charge is 0.472 e. The molecule has 2 aromatic rings. The van der Waals surface area contributed by atoms with Crippen molar-refractivity contribution >= 4 is 5.69 Å². The lowest BCUT2D eigenvalue weighted by Gasteiger charge is -2.36. The molecule has 19 heavy (non-hydrogen) atoms. The van der Waals surface area contributed by atoms with E-state index in [1.807, 2.05) is 6.26 Å². The van der Waals surface area contributed by atoms with E-state index in [2.05, 4.69) is 46.2 Å². The molecule has 0 amide bonds. The van der Waals surface area contributed by atoms with Crippen molar-refractivity contribution in [2.75, 3.05) is 37.6 Å². The zero-order valence-electron chi connectivity index (χ0n) is 11.2. The highest BCUT2D eigenvalue weighted by Crippen LogP contribution is 2.15. The maximum absolute atomic E-state index is 5.10. The van der Waals surface area contributed by atoms with Crippen molar-refractivity contribution in [3.8, 4) is 0 Å². The molecule has 3 nitrogen and oxygen atoms in total. The molecule has 1 fully saturated rings. The fourth-order valence-electron chi connectivity index (χ4n) is 2.59. The zero-order chi connectivity index (χ0) is 12.9. The summed E-state index contributed by atoms with van der Waals surface area (Å²) in [4.78, 5) is 5.00. The van der Waals surface area contributed by atoms with E-state index in [4.69, 9.17) is 4.42 Å². The van der Waals surface area contributed by atoms with Gasteiger partial charge in [0.1, 0.15) is 0 Å². The number of anilines is 1. The summed E-state index contributed by atoms with van der Waals surface area (Å²) in [6, 6.07) is 12.7. The second kappa shape index (κ2) is 5.93. The highest BCUT2D eigenvalue weighted by molar-refractivity contribution is 5.46. The summed E-state index contributed by atoms with van der Waals surface area (Å²) < 4.78 is 5.10. The zero-order valence-corrected chi connectivity index (χ0v) is 11.2. The highest BCUT2D eigenvalue weighted by Gasteiger charge is 2.16. The van der Waals surface area contributed by atoms with E-state index in [0.29, 0.717) is 0 Å². The summed E-state index contributed by atoms with van der Waals surface area (Å²) in [5, 5.41) is 0. The standard InChI is InChI=1S/C16H20N2O/c1-2-4-16(5-3-1)18-11-9-17(10-12-18)8-6-15-7-13-19-14-15/h1-5,7,13-14H,6,8-12H2. The number of hydrogen-bond acceptors (Lipinski definition) is 3. The molecule has 0 bridgehead atoms. The number of rotatable bonds is 4. The third-order valence-electron chi connectivity index (χ3n) is 3.79. The van der Waals surface area contributed by atoms with Gasteiger partial charge in [0.05, 0.1) is 12.5 Å². The molecule has 0 spiro atoms. The van der Waals surface area contributed by atoms with E-state index in [1.54, 1.807) is 6.26 Å². The molecule has 0 aliphatic carbocycles. The Kier molecular flexibility index (Phi) is 3.84. The molecule has 0 atom stereocenters. The molecule has 0 saturated carbocycles. The molecular weight excluding hydrogens is 236 g/mol. The summed E-state index contributed by atoms with van der Waals surface area (Å²) in [7, 11) is 0. The number of benzene rings is 1. The van der Waals surface area contributed by atoms with Gasteiger partial charge in [-0.3, -0.25) is 4.90 Å². The van der Waals surface area contributed by atoms with Gasteiger partial charge in [-0.25, -0.2) is 0 Å². The lowest BCUT2D eigenvalue weighted by molar-refractivity contribution is 0.261. The Bertz CT molecular complexity index is 473. The highest BCUT2D eigenvalue weighted by atomic mass is 16.3. The predicted octanol–water partition coefficient (Wildman–Crippen LogP) is 2.64. The van der Waals surface area contributed by atoms with Crippen LogP contribution in [0.1, 0.15) is 5.56 Å². The van der Waals surface area contributed by atoms with Crippen LogP contribution in [0.15, 0.2) is 53.3 Å². The third kappa shape index (κ3) is 3.18. The number of nitrogens with zero attached hydrogens (tertiary/aromatic N) is 2. The molecule has 1 aromatic heterocycles. The van der Waals surface area contributed by atoms with Gasteiger partial charge < -0.3 is 9.32 Å². The molecule has 1 saturated heterocycles. The third-order valence-corrected chi connectivity index (χ3v) is 3.79. The number of piperazine rings is 1. The lowest BCUT2D eigenvalue weighted by atomic mass is 10.2. The van der Waals surface area contributed by atoms with Crippen LogP contribution in [0.3, 0.4) is 0 Å². The van der Waals surface area contributed by atoms with E-state index >= 15 is 0 Å². The van der Waals surface area contributed by atoms with Crippen molar-refractivity contribution in [1.29, 1.82) is 0 Å². The Hall–Kier alpha value is -1.74. The molecule has 3 rings (SSSR count). The molecule has 0 unspecified atom stereocenters. The van der Waals surface area contributed by atoms with Gasteiger partial charge in [-0.2, -0.15) is 0 Å². The summed E-state index contributed by atoms with van der Waals surface area (Å²) >= 11 is 0. The molecule has 1 aromatic carbocycles. The first-order chi connectivity index (χ1) is 9.42. The summed E-state index contributed by atoms with van der Waals surface area (Å²) in [5.74, 6) is 0. The van der Waals surface area contributed by atoms with Gasteiger partial charge in [-0.1, -0.05) is 18.2 Å². The smallest absolute Gasteiger partial charge is 0.0934 e. The summed E-state index contributed by atoms with van der Waals surface area (Å²) in [5.41, 5.74) is 2.64. The molecule has 0 radical (unpaired) electrons.